The summed E-state index contributed by atoms with van der Waals surface area (Å²) in [6.45, 7) is 1.97. The molecule has 0 amide bonds. The Balaban J connectivity index is 1.70. The Labute approximate surface area is 155 Å². The molecular formula is C17H16F6N3O2+. The number of anilines is 1. The lowest BCUT2D eigenvalue weighted by Crippen LogP contribution is -2.46. The Morgan fingerprint density at radius 3 is 2.18 bits per heavy atom. The molecule has 2 aliphatic rings. The SMILES string of the molecule is FC(F)(F)c1cc(C(F)(F)F)c2ccc(N3CCC4(CC3)OCCO4)[nH+]c2n1. The van der Waals surface area contributed by atoms with Gasteiger partial charge in [0.1, 0.15) is 0 Å². The van der Waals surface area contributed by atoms with Crippen molar-refractivity contribution in [3.63, 3.8) is 0 Å². The highest BCUT2D eigenvalue weighted by Crippen LogP contribution is 2.38. The molecule has 11 heteroatoms. The summed E-state index contributed by atoms with van der Waals surface area (Å²) in [5.74, 6) is -0.251. The zero-order valence-corrected chi connectivity index (χ0v) is 14.5. The van der Waals surface area contributed by atoms with Gasteiger partial charge in [0, 0.05) is 18.9 Å². The number of piperidine rings is 1. The quantitative estimate of drug-likeness (QED) is 0.679. The fourth-order valence-corrected chi connectivity index (χ4v) is 3.58. The van der Waals surface area contributed by atoms with Crippen LogP contribution in [-0.4, -0.2) is 37.1 Å². The minimum Gasteiger partial charge on any atom is -0.347 e. The van der Waals surface area contributed by atoms with Crippen LogP contribution in [0.2, 0.25) is 0 Å². The van der Waals surface area contributed by atoms with E-state index in [0.717, 1.165) is 6.07 Å². The van der Waals surface area contributed by atoms with Gasteiger partial charge in [-0.1, -0.05) is 4.98 Å². The highest BCUT2D eigenvalue weighted by Gasteiger charge is 2.43. The molecule has 4 heterocycles. The zero-order valence-electron chi connectivity index (χ0n) is 14.5. The molecule has 2 aromatic heterocycles. The monoisotopic (exact) mass is 408 g/mol. The number of halogens is 6. The zero-order chi connectivity index (χ0) is 20.2. The summed E-state index contributed by atoms with van der Waals surface area (Å²) in [5.41, 5.74) is -3.43. The number of ether oxygens (including phenoxy) is 2. The number of nitrogens with one attached hydrogen (secondary N) is 1. The molecule has 152 valence electrons. The second-order valence-electron chi connectivity index (χ2n) is 6.75. The Morgan fingerprint density at radius 1 is 0.964 bits per heavy atom. The molecule has 0 atom stereocenters. The Kier molecular flexibility index (Phi) is 4.42. The van der Waals surface area contributed by atoms with Crippen LogP contribution in [0.5, 0.6) is 0 Å². The Hall–Kier alpha value is -2.14. The lowest BCUT2D eigenvalue weighted by Gasteiger charge is -2.35. The van der Waals surface area contributed by atoms with Gasteiger partial charge in [-0.2, -0.15) is 26.3 Å². The number of pyridine rings is 2. The van der Waals surface area contributed by atoms with Gasteiger partial charge in [-0.15, -0.1) is 0 Å². The van der Waals surface area contributed by atoms with Crippen molar-refractivity contribution in [2.75, 3.05) is 31.2 Å². The number of hydrogen-bond donors (Lipinski definition) is 0. The van der Waals surface area contributed by atoms with Gasteiger partial charge in [0.2, 0.25) is 11.5 Å². The van der Waals surface area contributed by atoms with E-state index in [1.807, 2.05) is 4.90 Å². The minimum atomic E-state index is -4.99. The number of hydrogen-bond acceptors (Lipinski definition) is 4. The number of nitrogens with zero attached hydrogens (tertiary/aromatic N) is 2. The van der Waals surface area contributed by atoms with Crippen molar-refractivity contribution in [3.8, 4) is 0 Å². The molecule has 0 saturated carbocycles. The van der Waals surface area contributed by atoms with Crippen molar-refractivity contribution < 1.29 is 40.8 Å². The van der Waals surface area contributed by atoms with Crippen LogP contribution in [0.25, 0.3) is 11.0 Å². The van der Waals surface area contributed by atoms with E-state index in [1.165, 1.54) is 6.07 Å². The first kappa shape index (κ1) is 19.2. The lowest BCUT2D eigenvalue weighted by molar-refractivity contribution is -0.335. The summed E-state index contributed by atoms with van der Waals surface area (Å²) in [4.78, 5) is 7.85. The molecular weight excluding hydrogens is 392 g/mol. The predicted molar refractivity (Wildman–Crippen MR) is 84.4 cm³/mol. The number of alkyl halides is 6. The number of aromatic nitrogens is 2. The van der Waals surface area contributed by atoms with E-state index >= 15 is 0 Å². The minimum absolute atomic E-state index is 0.0370. The summed E-state index contributed by atoms with van der Waals surface area (Å²) in [5, 5.41) is -0.416. The average molecular weight is 408 g/mol. The van der Waals surface area contributed by atoms with Gasteiger partial charge < -0.3 is 9.47 Å². The highest BCUT2D eigenvalue weighted by molar-refractivity contribution is 5.78. The van der Waals surface area contributed by atoms with E-state index < -0.39 is 40.4 Å². The van der Waals surface area contributed by atoms with Crippen molar-refractivity contribution in [2.24, 2.45) is 0 Å². The molecule has 2 fully saturated rings. The largest absolute Gasteiger partial charge is 0.449 e. The maximum atomic E-state index is 13.3. The van der Waals surface area contributed by atoms with E-state index in [0.29, 0.717) is 45.0 Å². The van der Waals surface area contributed by atoms with Gasteiger partial charge >= 0.3 is 12.4 Å². The van der Waals surface area contributed by atoms with Crippen LogP contribution in [0.15, 0.2) is 18.2 Å². The molecule has 2 saturated heterocycles. The number of fused-ring (bicyclic) bond motifs is 1. The summed E-state index contributed by atoms with van der Waals surface area (Å²) in [6.07, 6.45) is -8.84. The molecule has 1 N–H and O–H groups in total. The van der Waals surface area contributed by atoms with E-state index in [1.54, 1.807) is 0 Å². The number of aromatic amines is 1. The third-order valence-corrected chi connectivity index (χ3v) is 4.99. The van der Waals surface area contributed by atoms with Gasteiger partial charge in [-0.25, -0.2) is 4.98 Å². The third-order valence-electron chi connectivity index (χ3n) is 4.99. The fourth-order valence-electron chi connectivity index (χ4n) is 3.58. The van der Waals surface area contributed by atoms with Crippen molar-refractivity contribution in [2.45, 2.75) is 31.0 Å². The van der Waals surface area contributed by atoms with Crippen molar-refractivity contribution in [1.29, 1.82) is 0 Å². The number of rotatable bonds is 1. The van der Waals surface area contributed by atoms with E-state index in [9.17, 15) is 26.3 Å². The van der Waals surface area contributed by atoms with Crippen LogP contribution >= 0.6 is 0 Å². The number of H-pyrrole nitrogens is 1. The summed E-state index contributed by atoms with van der Waals surface area (Å²) in [6, 6.07) is 2.60. The molecule has 0 aliphatic carbocycles. The van der Waals surface area contributed by atoms with Crippen molar-refractivity contribution in [1.82, 2.24) is 4.98 Å². The van der Waals surface area contributed by atoms with Gasteiger partial charge in [0.05, 0.1) is 37.3 Å². The van der Waals surface area contributed by atoms with Gasteiger partial charge in [-0.05, 0) is 12.1 Å². The molecule has 5 nitrogen and oxygen atoms in total. The molecule has 2 aliphatic heterocycles. The van der Waals surface area contributed by atoms with Gasteiger partial charge in [-0.3, -0.25) is 4.90 Å². The first-order chi connectivity index (χ1) is 13.1. The predicted octanol–water partition coefficient (Wildman–Crippen LogP) is 3.43. The smallest absolute Gasteiger partial charge is 0.347 e. The van der Waals surface area contributed by atoms with Crippen LogP contribution in [0, 0.1) is 0 Å². The van der Waals surface area contributed by atoms with Gasteiger partial charge in [0.25, 0.3) is 5.65 Å². The van der Waals surface area contributed by atoms with E-state index in [-0.39, 0.29) is 6.07 Å². The fraction of sp³-hybridized carbons (Fsp3) is 0.529. The molecule has 1 spiro atoms. The van der Waals surface area contributed by atoms with Crippen molar-refractivity contribution in [3.05, 3.63) is 29.5 Å². The molecule has 28 heavy (non-hydrogen) atoms. The van der Waals surface area contributed by atoms with E-state index in [2.05, 4.69) is 9.97 Å². The molecule has 0 aromatic carbocycles. The van der Waals surface area contributed by atoms with Crippen LogP contribution in [-0.2, 0) is 21.8 Å². The van der Waals surface area contributed by atoms with Crippen LogP contribution in [0.3, 0.4) is 0 Å². The first-order valence-corrected chi connectivity index (χ1v) is 8.62. The topological polar surface area (TPSA) is 48.7 Å². The molecule has 4 rings (SSSR count). The molecule has 2 aromatic rings. The Morgan fingerprint density at radius 2 is 1.61 bits per heavy atom. The summed E-state index contributed by atoms with van der Waals surface area (Å²) >= 11 is 0. The Bertz CT molecular complexity index is 883. The molecule has 0 radical (unpaired) electrons. The average Bonchev–Trinajstić information content (AvgIpc) is 3.07. The maximum absolute atomic E-state index is 13.3. The van der Waals surface area contributed by atoms with Crippen LogP contribution in [0.4, 0.5) is 32.2 Å². The van der Waals surface area contributed by atoms with Crippen LogP contribution < -0.4 is 9.88 Å². The summed E-state index contributed by atoms with van der Waals surface area (Å²) < 4.78 is 90.1. The van der Waals surface area contributed by atoms with Crippen LogP contribution in [0.1, 0.15) is 24.1 Å². The second kappa shape index (κ2) is 6.45. The highest BCUT2D eigenvalue weighted by atomic mass is 19.4. The maximum Gasteiger partial charge on any atom is 0.449 e. The van der Waals surface area contributed by atoms with E-state index in [4.69, 9.17) is 9.47 Å². The second-order valence-corrected chi connectivity index (χ2v) is 6.75. The van der Waals surface area contributed by atoms with Gasteiger partial charge in [0.15, 0.2) is 5.79 Å². The molecule has 0 unspecified atom stereocenters. The lowest BCUT2D eigenvalue weighted by atomic mass is 10.0. The summed E-state index contributed by atoms with van der Waals surface area (Å²) in [7, 11) is 0. The normalized spacial score (nSPS) is 20.3. The first-order valence-electron chi connectivity index (χ1n) is 8.62. The van der Waals surface area contributed by atoms with Crippen molar-refractivity contribution >= 4 is 16.9 Å². The molecule has 0 bridgehead atoms. The standard InChI is InChI=1S/C17H15F6N3O2/c18-16(19,20)11-9-12(17(21,22)23)24-14-10(11)1-2-13(25-14)26-5-3-15(4-6-26)27-7-8-28-15/h1-2,9H,3-8H2/p+1. The third kappa shape index (κ3) is 3.48.